The molecule has 0 bridgehead atoms. The molecule has 0 N–H and O–H groups in total. The van der Waals surface area contributed by atoms with Gasteiger partial charge in [0.15, 0.2) is 0 Å². The molecule has 6 nitrogen and oxygen atoms in total. The Bertz CT molecular complexity index is 832. The molecule has 2 atom stereocenters. The lowest BCUT2D eigenvalue weighted by molar-refractivity contribution is -0.145. The first kappa shape index (κ1) is 22.2. The molecule has 1 saturated heterocycles. The van der Waals surface area contributed by atoms with Crippen LogP contribution < -0.4 is 0 Å². The van der Waals surface area contributed by atoms with E-state index in [1.165, 1.54) is 9.80 Å². The SMILES string of the molecule is CC(C)(C)N1C(=O)C2CCCCC2C1=O.CC(C)(C)N1C(=O)c2ccccc2C1=O. The molecule has 4 amide bonds. The molecule has 3 aliphatic rings. The van der Waals surface area contributed by atoms with E-state index in [-0.39, 0.29) is 41.0 Å². The second kappa shape index (κ2) is 7.64. The molecular weight excluding hydrogens is 380 g/mol. The smallest absolute Gasteiger partial charge is 0.262 e. The second-order valence-corrected chi connectivity index (χ2v) is 10.3. The molecule has 2 unspecified atom stereocenters. The maximum Gasteiger partial charge on any atom is 0.262 e. The van der Waals surface area contributed by atoms with Crippen LogP contribution in [-0.4, -0.2) is 44.5 Å². The minimum atomic E-state index is -0.465. The van der Waals surface area contributed by atoms with Gasteiger partial charge in [-0.05, 0) is 66.5 Å². The molecule has 2 aliphatic heterocycles. The van der Waals surface area contributed by atoms with Gasteiger partial charge in [0, 0.05) is 11.1 Å². The molecule has 2 fully saturated rings. The van der Waals surface area contributed by atoms with Gasteiger partial charge in [-0.25, -0.2) is 0 Å². The molecule has 0 radical (unpaired) electrons. The zero-order chi connectivity index (χ0) is 22.4. The fraction of sp³-hybridized carbons (Fsp3) is 0.583. The van der Waals surface area contributed by atoms with Gasteiger partial charge >= 0.3 is 0 Å². The Kier molecular flexibility index (Phi) is 5.65. The number of imide groups is 2. The third kappa shape index (κ3) is 3.80. The first-order valence-corrected chi connectivity index (χ1v) is 10.7. The quantitative estimate of drug-likeness (QED) is 0.603. The zero-order valence-corrected chi connectivity index (χ0v) is 18.8. The fourth-order valence-electron chi connectivity index (χ4n) is 4.62. The summed E-state index contributed by atoms with van der Waals surface area (Å²) in [6.07, 6.45) is 4.00. The molecule has 162 valence electrons. The number of hydrogen-bond donors (Lipinski definition) is 0. The van der Waals surface area contributed by atoms with Crippen LogP contribution in [0.15, 0.2) is 24.3 Å². The van der Waals surface area contributed by atoms with Crippen molar-refractivity contribution < 1.29 is 19.2 Å². The molecule has 0 aromatic heterocycles. The van der Waals surface area contributed by atoms with E-state index in [4.69, 9.17) is 0 Å². The Labute approximate surface area is 178 Å². The lowest BCUT2D eigenvalue weighted by Gasteiger charge is -2.30. The molecule has 0 spiro atoms. The molecule has 1 aliphatic carbocycles. The van der Waals surface area contributed by atoms with Crippen molar-refractivity contribution >= 4 is 23.6 Å². The minimum Gasteiger partial charge on any atom is -0.277 e. The normalized spacial score (nSPS) is 23.9. The summed E-state index contributed by atoms with van der Waals surface area (Å²) in [4.78, 5) is 50.9. The number of hydrogen-bond acceptors (Lipinski definition) is 4. The third-order valence-electron chi connectivity index (χ3n) is 5.98. The standard InChI is InChI=1S/C12H19NO2.C12H13NO2/c2*1-12(2,3)13-10(14)8-6-4-5-7-9(8)11(13)15/h8-9H,4-7H2,1-3H3;4-7H,1-3H3. The van der Waals surface area contributed by atoms with Crippen LogP contribution in [-0.2, 0) is 9.59 Å². The summed E-state index contributed by atoms with van der Waals surface area (Å²) in [6, 6.07) is 6.94. The first-order valence-electron chi connectivity index (χ1n) is 10.7. The summed E-state index contributed by atoms with van der Waals surface area (Å²) in [6.45, 7) is 11.4. The number of amides is 4. The van der Waals surface area contributed by atoms with Gasteiger partial charge in [-0.15, -0.1) is 0 Å². The number of nitrogens with zero attached hydrogens (tertiary/aromatic N) is 2. The molecule has 2 heterocycles. The van der Waals surface area contributed by atoms with E-state index in [1.807, 2.05) is 41.5 Å². The first-order chi connectivity index (χ1) is 13.9. The van der Waals surface area contributed by atoms with Crippen molar-refractivity contribution in [1.29, 1.82) is 0 Å². The monoisotopic (exact) mass is 412 g/mol. The second-order valence-electron chi connectivity index (χ2n) is 10.3. The summed E-state index contributed by atoms with van der Waals surface area (Å²) in [5, 5.41) is 0. The summed E-state index contributed by atoms with van der Waals surface area (Å²) in [5.74, 6) is -0.267. The number of carbonyl (C=O) groups excluding carboxylic acids is 4. The minimum absolute atomic E-state index is 0.00882. The molecule has 30 heavy (non-hydrogen) atoms. The number of fused-ring (bicyclic) bond motifs is 2. The largest absolute Gasteiger partial charge is 0.277 e. The highest BCUT2D eigenvalue weighted by atomic mass is 16.2. The van der Waals surface area contributed by atoms with Crippen LogP contribution >= 0.6 is 0 Å². The number of rotatable bonds is 0. The maximum absolute atomic E-state index is 12.1. The molecular formula is C24H32N2O4. The van der Waals surface area contributed by atoms with E-state index in [1.54, 1.807) is 24.3 Å². The Hall–Kier alpha value is -2.50. The van der Waals surface area contributed by atoms with Crippen molar-refractivity contribution in [3.05, 3.63) is 35.4 Å². The van der Waals surface area contributed by atoms with E-state index in [0.717, 1.165) is 25.7 Å². The summed E-state index contributed by atoms with van der Waals surface area (Å²) in [7, 11) is 0. The van der Waals surface area contributed by atoms with E-state index < -0.39 is 5.54 Å². The van der Waals surface area contributed by atoms with E-state index in [2.05, 4.69) is 0 Å². The third-order valence-corrected chi connectivity index (χ3v) is 5.98. The Morgan fingerprint density at radius 2 is 1.03 bits per heavy atom. The van der Waals surface area contributed by atoms with Crippen molar-refractivity contribution in [2.45, 2.75) is 78.3 Å². The Morgan fingerprint density at radius 1 is 0.667 bits per heavy atom. The van der Waals surface area contributed by atoms with Crippen molar-refractivity contribution in [2.24, 2.45) is 11.8 Å². The average molecular weight is 413 g/mol. The predicted octanol–water partition coefficient (Wildman–Crippen LogP) is 4.04. The van der Waals surface area contributed by atoms with Crippen LogP contribution in [0.5, 0.6) is 0 Å². The average Bonchev–Trinajstić information content (AvgIpc) is 3.07. The van der Waals surface area contributed by atoms with Crippen LogP contribution in [0.3, 0.4) is 0 Å². The molecule has 1 aromatic rings. The number of benzene rings is 1. The van der Waals surface area contributed by atoms with E-state index in [0.29, 0.717) is 11.1 Å². The van der Waals surface area contributed by atoms with Gasteiger partial charge in [0.1, 0.15) is 0 Å². The van der Waals surface area contributed by atoms with Gasteiger partial charge in [-0.3, -0.25) is 29.0 Å². The molecule has 4 rings (SSSR count). The molecule has 1 saturated carbocycles. The lowest BCUT2D eigenvalue weighted by atomic mass is 9.81. The Morgan fingerprint density at radius 3 is 1.37 bits per heavy atom. The zero-order valence-electron chi connectivity index (χ0n) is 18.8. The lowest BCUT2D eigenvalue weighted by Crippen LogP contribution is -2.45. The highest BCUT2D eigenvalue weighted by molar-refractivity contribution is 6.21. The van der Waals surface area contributed by atoms with Crippen molar-refractivity contribution in [2.75, 3.05) is 0 Å². The topological polar surface area (TPSA) is 74.8 Å². The highest BCUT2D eigenvalue weighted by Gasteiger charge is 2.51. The summed E-state index contributed by atoms with van der Waals surface area (Å²) >= 11 is 0. The van der Waals surface area contributed by atoms with E-state index in [9.17, 15) is 19.2 Å². The number of carbonyl (C=O) groups is 4. The molecule has 6 heteroatoms. The van der Waals surface area contributed by atoms with Gasteiger partial charge in [0.25, 0.3) is 11.8 Å². The molecule has 1 aromatic carbocycles. The van der Waals surface area contributed by atoms with Gasteiger partial charge in [0.2, 0.25) is 11.8 Å². The maximum atomic E-state index is 12.1. The van der Waals surface area contributed by atoms with Crippen LogP contribution in [0.2, 0.25) is 0 Å². The Balaban J connectivity index is 0.000000171. The predicted molar refractivity (Wildman–Crippen MR) is 114 cm³/mol. The fourth-order valence-corrected chi connectivity index (χ4v) is 4.62. The van der Waals surface area contributed by atoms with Crippen molar-refractivity contribution in [3.63, 3.8) is 0 Å². The van der Waals surface area contributed by atoms with Crippen LogP contribution in [0.4, 0.5) is 0 Å². The van der Waals surface area contributed by atoms with Gasteiger partial charge in [0.05, 0.1) is 23.0 Å². The number of likely N-dealkylation sites (tertiary alicyclic amines) is 1. The van der Waals surface area contributed by atoms with Gasteiger partial charge in [-0.2, -0.15) is 0 Å². The van der Waals surface area contributed by atoms with Crippen molar-refractivity contribution in [3.8, 4) is 0 Å². The van der Waals surface area contributed by atoms with Gasteiger partial charge < -0.3 is 0 Å². The van der Waals surface area contributed by atoms with Crippen LogP contribution in [0.25, 0.3) is 0 Å². The highest BCUT2D eigenvalue weighted by Crippen LogP contribution is 2.40. The van der Waals surface area contributed by atoms with Crippen molar-refractivity contribution in [1.82, 2.24) is 9.80 Å². The summed E-state index contributed by atoms with van der Waals surface area (Å²) in [5.41, 5.74) is 0.202. The van der Waals surface area contributed by atoms with E-state index >= 15 is 0 Å². The summed E-state index contributed by atoms with van der Waals surface area (Å²) < 4.78 is 0. The van der Waals surface area contributed by atoms with Crippen LogP contribution in [0.1, 0.15) is 87.9 Å². The van der Waals surface area contributed by atoms with Gasteiger partial charge in [-0.1, -0.05) is 25.0 Å². The van der Waals surface area contributed by atoms with Crippen LogP contribution in [0, 0.1) is 11.8 Å².